The number of carboxylic acid groups (broad SMARTS) is 1. The third-order valence-corrected chi connectivity index (χ3v) is 4.32. The Balaban J connectivity index is 1.46. The van der Waals surface area contributed by atoms with E-state index in [0.29, 0.717) is 33.0 Å². The van der Waals surface area contributed by atoms with E-state index < -0.39 is 5.97 Å². The number of nitrogens with zero attached hydrogens (tertiary/aromatic N) is 3. The fourth-order valence-electron chi connectivity index (χ4n) is 2.82. The van der Waals surface area contributed by atoms with Gasteiger partial charge >= 0.3 is 5.97 Å². The second-order valence-electron chi connectivity index (χ2n) is 6.28. The van der Waals surface area contributed by atoms with Gasteiger partial charge in [-0.3, -0.25) is 0 Å². The molecule has 3 aromatic rings. The van der Waals surface area contributed by atoms with Crippen LogP contribution in [-0.4, -0.2) is 45.9 Å². The predicted molar refractivity (Wildman–Crippen MR) is 106 cm³/mol. The third kappa shape index (κ3) is 5.25. The smallest absolute Gasteiger partial charge is 0.328 e. The van der Waals surface area contributed by atoms with Crippen molar-refractivity contribution in [3.05, 3.63) is 65.2 Å². The summed E-state index contributed by atoms with van der Waals surface area (Å²) in [5, 5.41) is 17.2. The third-order valence-electron chi connectivity index (χ3n) is 4.32. The quantitative estimate of drug-likeness (QED) is 0.429. The van der Waals surface area contributed by atoms with Crippen LogP contribution in [0.3, 0.4) is 0 Å². The van der Waals surface area contributed by atoms with Crippen molar-refractivity contribution in [2.45, 2.75) is 20.1 Å². The zero-order valence-corrected chi connectivity index (χ0v) is 15.7. The molecule has 1 N–H and O–H groups in total. The standard InChI is InChI=1S/C21H23N3O4/c1-16-18(8-10-20(25)26)7-9-19-21(16)22-23-24(19)11-12-27-13-14-28-15-17-5-3-2-4-6-17/h2-10H,11-15H2,1H3,(H,25,26)/b10-8+. The molecule has 1 aromatic heterocycles. The fraction of sp³-hybridized carbons (Fsp3) is 0.286. The molecule has 0 bridgehead atoms. The molecule has 0 fully saturated rings. The first kappa shape index (κ1) is 19.7. The molecule has 0 saturated carbocycles. The first-order chi connectivity index (χ1) is 13.6. The second kappa shape index (κ2) is 9.77. The van der Waals surface area contributed by atoms with Gasteiger partial charge in [-0.1, -0.05) is 41.6 Å². The average molecular weight is 381 g/mol. The predicted octanol–water partition coefficient (Wildman–Crippen LogP) is 3.07. The molecular weight excluding hydrogens is 358 g/mol. The summed E-state index contributed by atoms with van der Waals surface area (Å²) in [6.45, 7) is 4.62. The van der Waals surface area contributed by atoms with E-state index in [9.17, 15) is 4.79 Å². The van der Waals surface area contributed by atoms with Crippen molar-refractivity contribution >= 4 is 23.1 Å². The topological polar surface area (TPSA) is 86.5 Å². The van der Waals surface area contributed by atoms with Crippen molar-refractivity contribution < 1.29 is 19.4 Å². The van der Waals surface area contributed by atoms with Crippen molar-refractivity contribution in [3.63, 3.8) is 0 Å². The van der Waals surface area contributed by atoms with Gasteiger partial charge in [-0.25, -0.2) is 9.48 Å². The highest BCUT2D eigenvalue weighted by Crippen LogP contribution is 2.20. The molecular formula is C21H23N3O4. The van der Waals surface area contributed by atoms with Gasteiger partial charge in [-0.15, -0.1) is 5.10 Å². The van der Waals surface area contributed by atoms with Crippen molar-refractivity contribution in [3.8, 4) is 0 Å². The van der Waals surface area contributed by atoms with E-state index in [0.717, 1.165) is 33.8 Å². The van der Waals surface area contributed by atoms with Crippen LogP contribution in [0.2, 0.25) is 0 Å². The lowest BCUT2D eigenvalue weighted by Crippen LogP contribution is -2.11. The fourth-order valence-corrected chi connectivity index (χ4v) is 2.82. The van der Waals surface area contributed by atoms with Crippen LogP contribution in [0.4, 0.5) is 0 Å². The first-order valence-electron chi connectivity index (χ1n) is 9.08. The Morgan fingerprint density at radius 1 is 1.11 bits per heavy atom. The Morgan fingerprint density at radius 2 is 1.89 bits per heavy atom. The summed E-state index contributed by atoms with van der Waals surface area (Å²) in [7, 11) is 0. The molecule has 0 saturated heterocycles. The van der Waals surface area contributed by atoms with Gasteiger partial charge < -0.3 is 14.6 Å². The maximum Gasteiger partial charge on any atom is 0.328 e. The summed E-state index contributed by atoms with van der Waals surface area (Å²) >= 11 is 0. The summed E-state index contributed by atoms with van der Waals surface area (Å²) < 4.78 is 13.0. The Bertz CT molecular complexity index is 951. The van der Waals surface area contributed by atoms with E-state index in [1.165, 1.54) is 0 Å². The van der Waals surface area contributed by atoms with Crippen molar-refractivity contribution in [1.82, 2.24) is 15.0 Å². The van der Waals surface area contributed by atoms with Crippen LogP contribution in [0, 0.1) is 6.92 Å². The normalized spacial score (nSPS) is 11.5. The van der Waals surface area contributed by atoms with Crippen LogP contribution in [0.25, 0.3) is 17.1 Å². The van der Waals surface area contributed by atoms with Gasteiger partial charge in [-0.05, 0) is 35.8 Å². The van der Waals surface area contributed by atoms with Crippen LogP contribution in [0.15, 0.2) is 48.5 Å². The largest absolute Gasteiger partial charge is 0.478 e. The minimum absolute atomic E-state index is 0.507. The number of carboxylic acids is 1. The Morgan fingerprint density at radius 3 is 2.68 bits per heavy atom. The van der Waals surface area contributed by atoms with Crippen LogP contribution in [0.1, 0.15) is 16.7 Å². The van der Waals surface area contributed by atoms with Gasteiger partial charge in [0.2, 0.25) is 0 Å². The van der Waals surface area contributed by atoms with E-state index in [1.807, 2.05) is 49.4 Å². The molecule has 3 rings (SSSR count). The number of aliphatic carboxylic acids is 1. The molecule has 0 atom stereocenters. The molecule has 0 aliphatic carbocycles. The molecule has 0 aliphatic heterocycles. The molecule has 146 valence electrons. The molecule has 0 unspecified atom stereocenters. The average Bonchev–Trinajstić information content (AvgIpc) is 3.11. The maximum absolute atomic E-state index is 10.7. The summed E-state index contributed by atoms with van der Waals surface area (Å²) in [5.74, 6) is -0.979. The molecule has 1 heterocycles. The number of rotatable bonds is 10. The van der Waals surface area contributed by atoms with Crippen molar-refractivity contribution in [1.29, 1.82) is 0 Å². The number of benzene rings is 2. The van der Waals surface area contributed by atoms with Crippen LogP contribution in [0.5, 0.6) is 0 Å². The number of aromatic nitrogens is 3. The highest BCUT2D eigenvalue weighted by atomic mass is 16.5. The number of fused-ring (bicyclic) bond motifs is 1. The van der Waals surface area contributed by atoms with Crippen LogP contribution >= 0.6 is 0 Å². The summed E-state index contributed by atoms with van der Waals surface area (Å²) in [4.78, 5) is 10.7. The molecule has 0 amide bonds. The number of hydrogen-bond acceptors (Lipinski definition) is 5. The van der Waals surface area contributed by atoms with Crippen LogP contribution in [-0.2, 0) is 27.4 Å². The molecule has 2 aromatic carbocycles. The molecule has 0 radical (unpaired) electrons. The lowest BCUT2D eigenvalue weighted by Gasteiger charge is -2.07. The number of hydrogen-bond donors (Lipinski definition) is 1. The Kier molecular flexibility index (Phi) is 6.89. The van der Waals surface area contributed by atoms with E-state index >= 15 is 0 Å². The lowest BCUT2D eigenvalue weighted by molar-refractivity contribution is -0.131. The number of ether oxygens (including phenoxy) is 2. The maximum atomic E-state index is 10.7. The highest BCUT2D eigenvalue weighted by Gasteiger charge is 2.09. The SMILES string of the molecule is Cc1c(/C=C/C(=O)O)ccc2c1nnn2CCOCCOCc1ccccc1. The number of carbonyl (C=O) groups is 1. The summed E-state index contributed by atoms with van der Waals surface area (Å²) in [5.41, 5.74) is 4.52. The van der Waals surface area contributed by atoms with E-state index in [-0.39, 0.29) is 0 Å². The van der Waals surface area contributed by atoms with E-state index in [2.05, 4.69) is 10.3 Å². The van der Waals surface area contributed by atoms with Crippen molar-refractivity contribution in [2.24, 2.45) is 0 Å². The second-order valence-corrected chi connectivity index (χ2v) is 6.28. The highest BCUT2D eigenvalue weighted by molar-refractivity contribution is 5.88. The molecule has 0 aliphatic rings. The van der Waals surface area contributed by atoms with Crippen molar-refractivity contribution in [2.75, 3.05) is 19.8 Å². The number of aryl methyl sites for hydroxylation is 1. The molecule has 28 heavy (non-hydrogen) atoms. The summed E-state index contributed by atoms with van der Waals surface area (Å²) in [6, 6.07) is 13.8. The van der Waals surface area contributed by atoms with Gasteiger partial charge in [0.25, 0.3) is 0 Å². The van der Waals surface area contributed by atoms with Crippen LogP contribution < -0.4 is 0 Å². The zero-order valence-electron chi connectivity index (χ0n) is 15.7. The monoisotopic (exact) mass is 381 g/mol. The lowest BCUT2D eigenvalue weighted by atomic mass is 10.1. The molecule has 7 heteroatoms. The summed E-state index contributed by atoms with van der Waals surface area (Å²) in [6.07, 6.45) is 2.68. The van der Waals surface area contributed by atoms with Gasteiger partial charge in [0, 0.05) is 6.08 Å². The molecule has 7 nitrogen and oxygen atoms in total. The Hall–Kier alpha value is -3.03. The van der Waals surface area contributed by atoms with Gasteiger partial charge in [0.15, 0.2) is 0 Å². The minimum atomic E-state index is -0.979. The first-order valence-corrected chi connectivity index (χ1v) is 9.08. The molecule has 0 spiro atoms. The minimum Gasteiger partial charge on any atom is -0.478 e. The van der Waals surface area contributed by atoms with Gasteiger partial charge in [0.1, 0.15) is 5.52 Å². The van der Waals surface area contributed by atoms with E-state index in [1.54, 1.807) is 10.8 Å². The Labute approximate surface area is 163 Å². The van der Waals surface area contributed by atoms with E-state index in [4.69, 9.17) is 14.6 Å². The van der Waals surface area contributed by atoms with Gasteiger partial charge in [-0.2, -0.15) is 0 Å². The zero-order chi connectivity index (χ0) is 19.8. The van der Waals surface area contributed by atoms with Gasteiger partial charge in [0.05, 0.1) is 38.5 Å².